The van der Waals surface area contributed by atoms with Crippen LogP contribution in [0.3, 0.4) is 0 Å². The van der Waals surface area contributed by atoms with Gasteiger partial charge in [-0.2, -0.15) is 0 Å². The molecule has 2 atom stereocenters. The van der Waals surface area contributed by atoms with Crippen molar-refractivity contribution in [3.8, 4) is 0 Å². The summed E-state index contributed by atoms with van der Waals surface area (Å²) >= 11 is 0. The standard InChI is InChI=1S/C10H17NO5/c1-2-3-4-16-10(15)11-6-7(12)5-8(11)9(13)14/h7-8,12H,2-6H2,1H3,(H,13,14)/t7?,8-/m0/s1. The van der Waals surface area contributed by atoms with Crippen LogP contribution >= 0.6 is 0 Å². The van der Waals surface area contributed by atoms with Crippen molar-refractivity contribution in [3.05, 3.63) is 0 Å². The van der Waals surface area contributed by atoms with Gasteiger partial charge in [-0.15, -0.1) is 0 Å². The second kappa shape index (κ2) is 5.69. The lowest BCUT2D eigenvalue weighted by Gasteiger charge is -2.20. The number of β-amino-alcohol motifs (C(OH)–C–C–N with tert-alkyl or cyclic N) is 1. The van der Waals surface area contributed by atoms with Gasteiger partial charge in [0.2, 0.25) is 0 Å². The van der Waals surface area contributed by atoms with E-state index in [1.807, 2.05) is 6.92 Å². The van der Waals surface area contributed by atoms with Gasteiger partial charge in [0.15, 0.2) is 0 Å². The van der Waals surface area contributed by atoms with Crippen LogP contribution in [0.25, 0.3) is 0 Å². The smallest absolute Gasteiger partial charge is 0.410 e. The minimum Gasteiger partial charge on any atom is -0.480 e. The van der Waals surface area contributed by atoms with E-state index in [0.29, 0.717) is 0 Å². The van der Waals surface area contributed by atoms with Crippen LogP contribution in [0.1, 0.15) is 26.2 Å². The van der Waals surface area contributed by atoms with Gasteiger partial charge in [-0.05, 0) is 6.42 Å². The number of nitrogens with zero attached hydrogens (tertiary/aromatic N) is 1. The number of carboxylic acids is 1. The molecule has 1 heterocycles. The summed E-state index contributed by atoms with van der Waals surface area (Å²) in [5.41, 5.74) is 0. The first kappa shape index (κ1) is 12.8. The van der Waals surface area contributed by atoms with E-state index >= 15 is 0 Å². The summed E-state index contributed by atoms with van der Waals surface area (Å²) in [6, 6.07) is -0.968. The molecule has 6 heteroatoms. The third kappa shape index (κ3) is 3.10. The first-order valence-corrected chi connectivity index (χ1v) is 5.40. The molecule has 0 aliphatic carbocycles. The Labute approximate surface area is 93.8 Å². The van der Waals surface area contributed by atoms with Crippen molar-refractivity contribution in [3.63, 3.8) is 0 Å². The summed E-state index contributed by atoms with van der Waals surface area (Å²) in [4.78, 5) is 23.4. The molecule has 16 heavy (non-hydrogen) atoms. The molecule has 1 aliphatic heterocycles. The molecular formula is C10H17NO5. The Balaban J connectivity index is 2.50. The number of unbranched alkanes of at least 4 members (excludes halogenated alkanes) is 1. The number of hydrogen-bond acceptors (Lipinski definition) is 4. The third-order valence-corrected chi connectivity index (χ3v) is 2.52. The number of amides is 1. The monoisotopic (exact) mass is 231 g/mol. The molecule has 0 aromatic heterocycles. The molecule has 2 N–H and O–H groups in total. The first-order valence-electron chi connectivity index (χ1n) is 5.40. The van der Waals surface area contributed by atoms with E-state index in [4.69, 9.17) is 9.84 Å². The van der Waals surface area contributed by atoms with Crippen LogP contribution in [0, 0.1) is 0 Å². The van der Waals surface area contributed by atoms with Crippen LogP contribution in [0.15, 0.2) is 0 Å². The highest BCUT2D eigenvalue weighted by molar-refractivity contribution is 5.80. The van der Waals surface area contributed by atoms with Crippen molar-refractivity contribution in [2.75, 3.05) is 13.2 Å². The van der Waals surface area contributed by atoms with Crippen LogP contribution in [-0.2, 0) is 9.53 Å². The maximum Gasteiger partial charge on any atom is 0.410 e. The van der Waals surface area contributed by atoms with E-state index in [0.717, 1.165) is 17.7 Å². The molecular weight excluding hydrogens is 214 g/mol. The van der Waals surface area contributed by atoms with Crippen molar-refractivity contribution in [2.24, 2.45) is 0 Å². The van der Waals surface area contributed by atoms with Crippen molar-refractivity contribution in [1.82, 2.24) is 4.90 Å². The van der Waals surface area contributed by atoms with Crippen LogP contribution < -0.4 is 0 Å². The van der Waals surface area contributed by atoms with Gasteiger partial charge in [-0.3, -0.25) is 4.90 Å². The molecule has 0 spiro atoms. The van der Waals surface area contributed by atoms with Gasteiger partial charge >= 0.3 is 12.1 Å². The zero-order chi connectivity index (χ0) is 12.1. The lowest BCUT2D eigenvalue weighted by Crippen LogP contribution is -2.41. The molecule has 1 saturated heterocycles. The number of hydrogen-bond donors (Lipinski definition) is 2. The predicted octanol–water partition coefficient (Wildman–Crippen LogP) is 0.443. The lowest BCUT2D eigenvalue weighted by atomic mass is 10.2. The normalized spacial score (nSPS) is 24.5. The molecule has 1 aliphatic rings. The minimum absolute atomic E-state index is 0.0297. The van der Waals surface area contributed by atoms with E-state index in [1.54, 1.807) is 0 Å². The number of rotatable bonds is 4. The van der Waals surface area contributed by atoms with Gasteiger partial charge in [0, 0.05) is 6.42 Å². The second-order valence-corrected chi connectivity index (χ2v) is 3.86. The Bertz CT molecular complexity index is 268. The summed E-state index contributed by atoms with van der Waals surface area (Å²) in [5.74, 6) is -1.11. The molecule has 1 amide bonds. The molecule has 6 nitrogen and oxygen atoms in total. The maximum atomic E-state index is 11.5. The average molecular weight is 231 g/mol. The number of carboxylic acid groups (broad SMARTS) is 1. The van der Waals surface area contributed by atoms with Crippen LogP contribution in [-0.4, -0.2) is 52.5 Å². The van der Waals surface area contributed by atoms with E-state index in [-0.39, 0.29) is 19.6 Å². The largest absolute Gasteiger partial charge is 0.480 e. The minimum atomic E-state index is -1.11. The van der Waals surface area contributed by atoms with Crippen LogP contribution in [0.4, 0.5) is 4.79 Å². The van der Waals surface area contributed by atoms with E-state index in [1.165, 1.54) is 0 Å². The Hall–Kier alpha value is -1.30. The molecule has 0 saturated carbocycles. The molecule has 0 bridgehead atoms. The Kier molecular flexibility index (Phi) is 4.54. The van der Waals surface area contributed by atoms with Crippen LogP contribution in [0.2, 0.25) is 0 Å². The van der Waals surface area contributed by atoms with Gasteiger partial charge in [0.25, 0.3) is 0 Å². The Morgan fingerprint density at radius 2 is 2.19 bits per heavy atom. The van der Waals surface area contributed by atoms with Gasteiger partial charge in [-0.25, -0.2) is 9.59 Å². The number of aliphatic hydroxyl groups excluding tert-OH is 1. The Morgan fingerprint density at radius 1 is 1.50 bits per heavy atom. The third-order valence-electron chi connectivity index (χ3n) is 2.52. The second-order valence-electron chi connectivity index (χ2n) is 3.86. The van der Waals surface area contributed by atoms with Crippen molar-refractivity contribution in [2.45, 2.75) is 38.3 Å². The zero-order valence-electron chi connectivity index (χ0n) is 9.26. The van der Waals surface area contributed by atoms with Gasteiger partial charge in [0.1, 0.15) is 6.04 Å². The van der Waals surface area contributed by atoms with Crippen LogP contribution in [0.5, 0.6) is 0 Å². The van der Waals surface area contributed by atoms with Crippen molar-refractivity contribution < 1.29 is 24.5 Å². The zero-order valence-corrected chi connectivity index (χ0v) is 9.26. The summed E-state index contributed by atoms with van der Waals surface area (Å²) in [7, 11) is 0. The fourth-order valence-electron chi connectivity index (χ4n) is 1.64. The van der Waals surface area contributed by atoms with Gasteiger partial charge < -0.3 is 14.9 Å². The molecule has 92 valence electrons. The fourth-order valence-corrected chi connectivity index (χ4v) is 1.64. The number of carbonyl (C=O) groups is 2. The molecule has 1 fully saturated rings. The summed E-state index contributed by atoms with van der Waals surface area (Å²) in [6.07, 6.45) is 0.285. The highest BCUT2D eigenvalue weighted by atomic mass is 16.6. The fraction of sp³-hybridized carbons (Fsp3) is 0.800. The molecule has 1 unspecified atom stereocenters. The maximum absolute atomic E-state index is 11.5. The summed E-state index contributed by atoms with van der Waals surface area (Å²) in [5, 5.41) is 18.2. The highest BCUT2D eigenvalue weighted by Crippen LogP contribution is 2.19. The van der Waals surface area contributed by atoms with Crippen molar-refractivity contribution in [1.29, 1.82) is 0 Å². The molecule has 0 radical (unpaired) electrons. The Morgan fingerprint density at radius 3 is 2.75 bits per heavy atom. The lowest BCUT2D eigenvalue weighted by molar-refractivity contribution is -0.141. The number of ether oxygens (including phenoxy) is 1. The van der Waals surface area contributed by atoms with E-state index in [2.05, 4.69) is 0 Å². The van der Waals surface area contributed by atoms with E-state index < -0.39 is 24.2 Å². The average Bonchev–Trinajstić information content (AvgIpc) is 2.61. The number of likely N-dealkylation sites (tertiary alicyclic amines) is 1. The molecule has 1 rings (SSSR count). The van der Waals surface area contributed by atoms with Crippen molar-refractivity contribution >= 4 is 12.1 Å². The highest BCUT2D eigenvalue weighted by Gasteiger charge is 2.39. The molecule has 0 aromatic carbocycles. The SMILES string of the molecule is CCCCOC(=O)N1CC(O)C[C@H]1C(=O)O. The predicted molar refractivity (Wildman–Crippen MR) is 55.0 cm³/mol. The van der Waals surface area contributed by atoms with Gasteiger partial charge in [0.05, 0.1) is 19.3 Å². The first-order chi connectivity index (χ1) is 7.56. The summed E-state index contributed by atoms with van der Waals surface area (Å²) in [6.45, 7) is 2.28. The molecule has 0 aromatic rings. The number of carbonyl (C=O) groups excluding carboxylic acids is 1. The van der Waals surface area contributed by atoms with Gasteiger partial charge in [-0.1, -0.05) is 13.3 Å². The topological polar surface area (TPSA) is 87.1 Å². The summed E-state index contributed by atoms with van der Waals surface area (Å²) < 4.78 is 4.91. The number of aliphatic carboxylic acids is 1. The quantitative estimate of drug-likeness (QED) is 0.686. The van der Waals surface area contributed by atoms with E-state index in [9.17, 15) is 14.7 Å². The number of aliphatic hydroxyl groups is 1.